The average Bonchev–Trinajstić information content (AvgIpc) is 3.63. The van der Waals surface area contributed by atoms with Gasteiger partial charge in [0.2, 0.25) is 0 Å². The quantitative estimate of drug-likeness (QED) is 0.408. The number of carbonyl (C=O) groups is 3. The molecule has 10 heteroatoms. The Morgan fingerprint density at radius 2 is 1.60 bits per heavy atom. The van der Waals surface area contributed by atoms with Crippen LogP contribution in [0.15, 0.2) is 48.5 Å². The molecule has 0 radical (unpaired) electrons. The molecule has 2 aliphatic carbocycles. The van der Waals surface area contributed by atoms with Gasteiger partial charge in [0.05, 0.1) is 0 Å². The highest BCUT2D eigenvalue weighted by Crippen LogP contribution is 2.44. The van der Waals surface area contributed by atoms with E-state index in [1.165, 1.54) is 0 Å². The highest BCUT2D eigenvalue weighted by Gasteiger charge is 2.54. The van der Waals surface area contributed by atoms with Crippen LogP contribution in [0.2, 0.25) is 0 Å². The number of benzene rings is 2. The maximum absolute atomic E-state index is 14.9. The molecule has 8 nitrogen and oxygen atoms in total. The Labute approximate surface area is 200 Å². The molecule has 2 aromatic rings. The molecule has 0 saturated heterocycles. The summed E-state index contributed by atoms with van der Waals surface area (Å²) in [6.07, 6.45) is -2.39. The fourth-order valence-electron chi connectivity index (χ4n) is 4.41. The molecular weight excluding hydrogens is 462 g/mol. The second-order valence-corrected chi connectivity index (χ2v) is 8.81. The predicted molar refractivity (Wildman–Crippen MR) is 121 cm³/mol. The molecule has 2 aromatic carbocycles. The summed E-state index contributed by atoms with van der Waals surface area (Å²) in [4.78, 5) is 35.3. The van der Waals surface area contributed by atoms with Gasteiger partial charge >= 0.3 is 18.0 Å². The van der Waals surface area contributed by atoms with Crippen LogP contribution in [0.5, 0.6) is 0 Å². The molecule has 2 aliphatic rings. The second-order valence-electron chi connectivity index (χ2n) is 8.81. The van der Waals surface area contributed by atoms with Gasteiger partial charge in [-0.15, -0.1) is 0 Å². The van der Waals surface area contributed by atoms with Gasteiger partial charge in [0.15, 0.2) is 6.10 Å². The third kappa shape index (κ3) is 5.27. The Kier molecular flexibility index (Phi) is 7.02. The molecule has 2 unspecified atom stereocenters. The zero-order valence-electron chi connectivity index (χ0n) is 18.7. The van der Waals surface area contributed by atoms with Crippen molar-refractivity contribution < 1.29 is 38.1 Å². The standard InChI is InChI=1S/C25H26F2N2O6/c26-25(27,23(33)28-12-11-20(30)22(31)32)21(14-9-10-14)29-24(34)35-13-19-17-7-3-1-5-15(17)16-6-2-4-8-18(16)19/h1-8,14,19-21,30H,9-13H2,(H,28,33)(H,29,34)(H,31,32). The number of alkyl carbamates (subject to hydrolysis) is 1. The maximum Gasteiger partial charge on any atom is 0.407 e. The van der Waals surface area contributed by atoms with Crippen LogP contribution in [0.25, 0.3) is 11.1 Å². The Balaban J connectivity index is 1.37. The van der Waals surface area contributed by atoms with Crippen LogP contribution in [0.1, 0.15) is 36.3 Å². The molecule has 4 rings (SSSR count). The Hall–Kier alpha value is -3.53. The van der Waals surface area contributed by atoms with Crippen LogP contribution in [0.3, 0.4) is 0 Å². The topological polar surface area (TPSA) is 125 Å². The maximum atomic E-state index is 14.9. The molecule has 1 saturated carbocycles. The summed E-state index contributed by atoms with van der Waals surface area (Å²) in [6, 6.07) is 13.7. The number of aliphatic hydroxyl groups is 1. The number of aliphatic hydroxyl groups excluding tert-OH is 1. The van der Waals surface area contributed by atoms with Gasteiger partial charge in [-0.2, -0.15) is 8.78 Å². The van der Waals surface area contributed by atoms with E-state index in [2.05, 4.69) is 5.32 Å². The van der Waals surface area contributed by atoms with E-state index in [1.54, 1.807) is 0 Å². The van der Waals surface area contributed by atoms with E-state index in [1.807, 2.05) is 53.8 Å². The third-order valence-corrected chi connectivity index (χ3v) is 6.39. The van der Waals surface area contributed by atoms with E-state index >= 15 is 0 Å². The number of alkyl halides is 2. The minimum atomic E-state index is -3.94. The SMILES string of the molecule is O=C(NC(C1CC1)C(F)(F)C(=O)NCCC(O)C(=O)O)OCC1c2ccccc2-c2ccccc21. The number of carboxylic acids is 1. The van der Waals surface area contributed by atoms with Crippen LogP contribution >= 0.6 is 0 Å². The van der Waals surface area contributed by atoms with Gasteiger partial charge in [-0.3, -0.25) is 4.79 Å². The van der Waals surface area contributed by atoms with Gasteiger partial charge in [0.25, 0.3) is 5.91 Å². The number of aliphatic carboxylic acids is 1. The van der Waals surface area contributed by atoms with Crippen molar-refractivity contribution in [1.82, 2.24) is 10.6 Å². The lowest BCUT2D eigenvalue weighted by Crippen LogP contribution is -2.57. The van der Waals surface area contributed by atoms with E-state index in [0.29, 0.717) is 12.8 Å². The first-order chi connectivity index (χ1) is 16.7. The normalized spacial score (nSPS) is 16.5. The Morgan fingerprint density at radius 3 is 2.14 bits per heavy atom. The molecule has 4 N–H and O–H groups in total. The van der Waals surface area contributed by atoms with Gasteiger partial charge in [-0.25, -0.2) is 9.59 Å². The van der Waals surface area contributed by atoms with E-state index in [-0.39, 0.29) is 12.5 Å². The number of hydrogen-bond donors (Lipinski definition) is 4. The number of amides is 2. The summed E-state index contributed by atoms with van der Waals surface area (Å²) in [5.74, 6) is -7.93. The summed E-state index contributed by atoms with van der Waals surface area (Å²) in [6.45, 7) is -0.508. The lowest BCUT2D eigenvalue weighted by Gasteiger charge is -2.27. The van der Waals surface area contributed by atoms with Crippen molar-refractivity contribution in [1.29, 1.82) is 0 Å². The van der Waals surface area contributed by atoms with Crippen LogP contribution in [-0.2, 0) is 14.3 Å². The van der Waals surface area contributed by atoms with Crippen molar-refractivity contribution in [3.8, 4) is 11.1 Å². The molecule has 0 spiro atoms. The largest absolute Gasteiger partial charge is 0.479 e. The highest BCUT2D eigenvalue weighted by molar-refractivity contribution is 5.85. The van der Waals surface area contributed by atoms with Crippen molar-refractivity contribution in [2.75, 3.05) is 13.2 Å². The van der Waals surface area contributed by atoms with Crippen molar-refractivity contribution in [2.24, 2.45) is 5.92 Å². The monoisotopic (exact) mass is 488 g/mol. The van der Waals surface area contributed by atoms with E-state index in [4.69, 9.17) is 9.84 Å². The van der Waals surface area contributed by atoms with Crippen molar-refractivity contribution in [3.63, 3.8) is 0 Å². The lowest BCUT2D eigenvalue weighted by molar-refractivity contribution is -0.152. The zero-order valence-corrected chi connectivity index (χ0v) is 18.7. The van der Waals surface area contributed by atoms with Crippen molar-refractivity contribution in [3.05, 3.63) is 59.7 Å². The van der Waals surface area contributed by atoms with Gasteiger partial charge < -0.3 is 25.6 Å². The predicted octanol–water partition coefficient (Wildman–Crippen LogP) is 2.89. The van der Waals surface area contributed by atoms with Crippen LogP contribution in [0.4, 0.5) is 13.6 Å². The molecule has 2 atom stereocenters. The number of rotatable bonds is 10. The minimum Gasteiger partial charge on any atom is -0.479 e. The van der Waals surface area contributed by atoms with Crippen LogP contribution in [0, 0.1) is 5.92 Å². The highest BCUT2D eigenvalue weighted by atomic mass is 19.3. The van der Waals surface area contributed by atoms with Crippen molar-refractivity contribution >= 4 is 18.0 Å². The Bertz CT molecular complexity index is 1080. The molecular formula is C25H26F2N2O6. The lowest BCUT2D eigenvalue weighted by atomic mass is 9.98. The van der Waals surface area contributed by atoms with E-state index in [0.717, 1.165) is 22.3 Å². The average molecular weight is 488 g/mol. The molecule has 0 aromatic heterocycles. The summed E-state index contributed by atoms with van der Waals surface area (Å²) in [5, 5.41) is 22.0. The summed E-state index contributed by atoms with van der Waals surface area (Å²) >= 11 is 0. The fourth-order valence-corrected chi connectivity index (χ4v) is 4.41. The fraction of sp³-hybridized carbons (Fsp3) is 0.400. The van der Waals surface area contributed by atoms with E-state index < -0.39 is 54.9 Å². The van der Waals surface area contributed by atoms with Gasteiger partial charge in [0, 0.05) is 18.9 Å². The van der Waals surface area contributed by atoms with Crippen molar-refractivity contribution in [2.45, 2.75) is 43.2 Å². The van der Waals surface area contributed by atoms with E-state index in [9.17, 15) is 28.3 Å². The summed E-state index contributed by atoms with van der Waals surface area (Å²) in [5.41, 5.74) is 4.02. The smallest absolute Gasteiger partial charge is 0.407 e. The van der Waals surface area contributed by atoms with Gasteiger partial charge in [-0.1, -0.05) is 48.5 Å². The van der Waals surface area contributed by atoms with Gasteiger partial charge in [-0.05, 0) is 41.0 Å². The number of carbonyl (C=O) groups excluding carboxylic acids is 2. The number of hydrogen-bond acceptors (Lipinski definition) is 5. The molecule has 2 amide bonds. The summed E-state index contributed by atoms with van der Waals surface area (Å²) < 4.78 is 35.1. The first kappa shape index (κ1) is 24.6. The first-order valence-corrected chi connectivity index (χ1v) is 11.4. The molecule has 35 heavy (non-hydrogen) atoms. The Morgan fingerprint density at radius 1 is 1.03 bits per heavy atom. The molecule has 0 aliphatic heterocycles. The number of halogens is 2. The molecule has 1 fully saturated rings. The molecule has 0 bridgehead atoms. The summed E-state index contributed by atoms with van der Waals surface area (Å²) in [7, 11) is 0. The van der Waals surface area contributed by atoms with Gasteiger partial charge in [0.1, 0.15) is 12.6 Å². The minimum absolute atomic E-state index is 0.0535. The molecule has 186 valence electrons. The number of ether oxygens (including phenoxy) is 1. The van der Waals surface area contributed by atoms with Crippen LogP contribution in [-0.4, -0.2) is 59.4 Å². The number of carboxylic acid groups (broad SMARTS) is 1. The third-order valence-electron chi connectivity index (χ3n) is 6.39. The number of nitrogens with one attached hydrogen (secondary N) is 2. The van der Waals surface area contributed by atoms with Crippen LogP contribution < -0.4 is 10.6 Å². The number of fused-ring (bicyclic) bond motifs is 3. The zero-order chi connectivity index (χ0) is 25.2. The molecule has 0 heterocycles. The second kappa shape index (κ2) is 9.99. The first-order valence-electron chi connectivity index (χ1n) is 11.4.